The number of sulfonamides is 1. The maximum atomic E-state index is 12.3. The van der Waals surface area contributed by atoms with Crippen LogP contribution >= 0.6 is 23.2 Å². The van der Waals surface area contributed by atoms with Crippen molar-refractivity contribution in [2.45, 2.75) is 17.4 Å². The summed E-state index contributed by atoms with van der Waals surface area (Å²) >= 11 is 11.6. The second-order valence-corrected chi connectivity index (χ2v) is 7.52. The van der Waals surface area contributed by atoms with Gasteiger partial charge >= 0.3 is 5.97 Å². The minimum absolute atomic E-state index is 0.0196. The number of carbonyl (C=O) groups is 1. The summed E-state index contributed by atoms with van der Waals surface area (Å²) in [6.07, 6.45) is 0.148. The number of rotatable bonds is 6. The molecule has 0 amide bonds. The SMILES string of the molecule is N[C@@H](Cc1ccc(NS(=O)(=O)c2ccc(Cl)c(Cl)c2)cc1)C(=O)O. The fourth-order valence-corrected chi connectivity index (χ4v) is 3.36. The Labute approximate surface area is 149 Å². The van der Waals surface area contributed by atoms with Crippen LogP contribution in [-0.2, 0) is 21.2 Å². The molecule has 0 aromatic heterocycles. The molecule has 2 aromatic carbocycles. The van der Waals surface area contributed by atoms with Crippen LogP contribution in [0.2, 0.25) is 10.0 Å². The van der Waals surface area contributed by atoms with Crippen molar-refractivity contribution in [1.82, 2.24) is 0 Å². The standard InChI is InChI=1S/C15H14Cl2N2O4S/c16-12-6-5-11(8-13(12)17)24(22,23)19-10-3-1-9(2-4-10)7-14(18)15(20)21/h1-6,8,14,19H,7,18H2,(H,20,21)/t14-/m0/s1. The minimum Gasteiger partial charge on any atom is -0.480 e. The molecule has 0 unspecified atom stereocenters. The van der Waals surface area contributed by atoms with Gasteiger partial charge in [-0.15, -0.1) is 0 Å². The van der Waals surface area contributed by atoms with Crippen molar-refractivity contribution in [2.75, 3.05) is 4.72 Å². The number of halogens is 2. The van der Waals surface area contributed by atoms with E-state index in [0.29, 0.717) is 11.3 Å². The van der Waals surface area contributed by atoms with Gasteiger partial charge < -0.3 is 10.8 Å². The molecule has 0 heterocycles. The first-order valence-electron chi connectivity index (χ1n) is 6.74. The number of nitrogens with two attached hydrogens (primary N) is 1. The van der Waals surface area contributed by atoms with E-state index in [9.17, 15) is 13.2 Å². The minimum atomic E-state index is -3.81. The van der Waals surface area contributed by atoms with Gasteiger partial charge in [0.2, 0.25) is 0 Å². The zero-order valence-electron chi connectivity index (χ0n) is 12.2. The molecule has 0 saturated carbocycles. The predicted octanol–water partition coefficient (Wildman–Crippen LogP) is 2.75. The van der Waals surface area contributed by atoms with Gasteiger partial charge in [-0.1, -0.05) is 35.3 Å². The van der Waals surface area contributed by atoms with E-state index in [1.807, 2.05) is 0 Å². The van der Waals surface area contributed by atoms with Crippen LogP contribution < -0.4 is 10.5 Å². The van der Waals surface area contributed by atoms with Crippen LogP contribution in [0.25, 0.3) is 0 Å². The third-order valence-electron chi connectivity index (χ3n) is 3.18. The molecule has 0 spiro atoms. The summed E-state index contributed by atoms with van der Waals surface area (Å²) in [5, 5.41) is 9.18. The number of aliphatic carboxylic acids is 1. The first-order chi connectivity index (χ1) is 11.2. The third-order valence-corrected chi connectivity index (χ3v) is 5.30. The van der Waals surface area contributed by atoms with Gasteiger partial charge in [0.25, 0.3) is 10.0 Å². The van der Waals surface area contributed by atoms with Crippen molar-refractivity contribution in [1.29, 1.82) is 0 Å². The molecule has 24 heavy (non-hydrogen) atoms. The number of carboxylic acid groups (broad SMARTS) is 1. The highest BCUT2D eigenvalue weighted by molar-refractivity contribution is 7.92. The Morgan fingerprint density at radius 1 is 1.12 bits per heavy atom. The van der Waals surface area contributed by atoms with Crippen LogP contribution in [0.15, 0.2) is 47.4 Å². The van der Waals surface area contributed by atoms with Gasteiger partial charge in [-0.05, 0) is 42.3 Å². The van der Waals surface area contributed by atoms with Gasteiger partial charge in [0.05, 0.1) is 14.9 Å². The lowest BCUT2D eigenvalue weighted by Gasteiger charge is -2.10. The molecule has 0 radical (unpaired) electrons. The van der Waals surface area contributed by atoms with Gasteiger partial charge in [0.1, 0.15) is 6.04 Å². The van der Waals surface area contributed by atoms with Crippen LogP contribution in [-0.4, -0.2) is 25.5 Å². The molecule has 0 aliphatic rings. The van der Waals surface area contributed by atoms with E-state index >= 15 is 0 Å². The normalized spacial score (nSPS) is 12.6. The molecule has 6 nitrogen and oxygen atoms in total. The summed E-state index contributed by atoms with van der Waals surface area (Å²) in [6.45, 7) is 0. The number of benzene rings is 2. The molecule has 4 N–H and O–H groups in total. The van der Waals surface area contributed by atoms with Crippen LogP contribution in [0.5, 0.6) is 0 Å². The fourth-order valence-electron chi connectivity index (χ4n) is 1.91. The van der Waals surface area contributed by atoms with E-state index in [2.05, 4.69) is 4.72 Å². The summed E-state index contributed by atoms with van der Waals surface area (Å²) in [5.74, 6) is -1.10. The number of carboxylic acids is 1. The van der Waals surface area contributed by atoms with E-state index < -0.39 is 22.0 Å². The third kappa shape index (κ3) is 4.61. The second-order valence-electron chi connectivity index (χ2n) is 5.03. The average Bonchev–Trinajstić information content (AvgIpc) is 2.51. The lowest BCUT2D eigenvalue weighted by molar-refractivity contribution is -0.138. The Bertz CT molecular complexity index is 854. The molecule has 9 heteroatoms. The number of hydrogen-bond donors (Lipinski definition) is 3. The topological polar surface area (TPSA) is 109 Å². The summed E-state index contributed by atoms with van der Waals surface area (Å²) in [4.78, 5) is 10.7. The second kappa shape index (κ2) is 7.40. The van der Waals surface area contributed by atoms with Crippen LogP contribution in [0.1, 0.15) is 5.56 Å². The Kier molecular flexibility index (Phi) is 5.71. The van der Waals surface area contributed by atoms with Crippen molar-refractivity contribution < 1.29 is 18.3 Å². The van der Waals surface area contributed by atoms with Crippen molar-refractivity contribution in [2.24, 2.45) is 5.73 Å². The Morgan fingerprint density at radius 2 is 1.75 bits per heavy atom. The fraction of sp³-hybridized carbons (Fsp3) is 0.133. The maximum absolute atomic E-state index is 12.3. The zero-order valence-corrected chi connectivity index (χ0v) is 14.6. The summed E-state index contributed by atoms with van der Waals surface area (Å²) in [6, 6.07) is 9.25. The highest BCUT2D eigenvalue weighted by Crippen LogP contribution is 2.26. The highest BCUT2D eigenvalue weighted by Gasteiger charge is 2.16. The lowest BCUT2D eigenvalue weighted by Crippen LogP contribution is -2.32. The average molecular weight is 389 g/mol. The van der Waals surface area contributed by atoms with Gasteiger partial charge in [-0.3, -0.25) is 9.52 Å². The molecule has 128 valence electrons. The lowest BCUT2D eigenvalue weighted by atomic mass is 10.1. The molecule has 0 aliphatic heterocycles. The largest absolute Gasteiger partial charge is 0.480 e. The molecule has 0 bridgehead atoms. The molecule has 2 aromatic rings. The van der Waals surface area contributed by atoms with Gasteiger partial charge in [0, 0.05) is 5.69 Å². The van der Waals surface area contributed by atoms with Gasteiger partial charge in [-0.25, -0.2) is 8.42 Å². The molecule has 0 saturated heterocycles. The van der Waals surface area contributed by atoms with Crippen molar-refractivity contribution in [3.63, 3.8) is 0 Å². The Hall–Kier alpha value is -1.80. The van der Waals surface area contributed by atoms with Crippen LogP contribution in [0.3, 0.4) is 0 Å². The van der Waals surface area contributed by atoms with E-state index in [0.717, 1.165) is 0 Å². The molecular weight excluding hydrogens is 375 g/mol. The number of anilines is 1. The van der Waals surface area contributed by atoms with Crippen LogP contribution in [0.4, 0.5) is 5.69 Å². The predicted molar refractivity (Wildman–Crippen MR) is 93.0 cm³/mol. The first kappa shape index (κ1) is 18.5. The monoisotopic (exact) mass is 388 g/mol. The van der Waals surface area contributed by atoms with E-state index in [1.165, 1.54) is 30.3 Å². The summed E-state index contributed by atoms with van der Waals surface area (Å²) < 4.78 is 27.0. The van der Waals surface area contributed by atoms with Gasteiger partial charge in [-0.2, -0.15) is 0 Å². The summed E-state index contributed by atoms with van der Waals surface area (Å²) in [7, 11) is -3.81. The molecule has 1 atom stereocenters. The number of hydrogen-bond acceptors (Lipinski definition) is 4. The van der Waals surface area contributed by atoms with Gasteiger partial charge in [0.15, 0.2) is 0 Å². The van der Waals surface area contributed by atoms with E-state index in [4.69, 9.17) is 34.0 Å². The molecule has 0 fully saturated rings. The zero-order chi connectivity index (χ0) is 17.9. The quantitative estimate of drug-likeness (QED) is 0.704. The Morgan fingerprint density at radius 3 is 2.29 bits per heavy atom. The Balaban J connectivity index is 2.15. The van der Waals surface area contributed by atoms with Crippen molar-refractivity contribution in [3.05, 3.63) is 58.1 Å². The van der Waals surface area contributed by atoms with Crippen LogP contribution in [0, 0.1) is 0 Å². The molecule has 2 rings (SSSR count). The summed E-state index contributed by atoms with van der Waals surface area (Å²) in [5.41, 5.74) is 6.47. The number of nitrogens with one attached hydrogen (secondary N) is 1. The molecular formula is C15H14Cl2N2O4S. The first-order valence-corrected chi connectivity index (χ1v) is 8.98. The van der Waals surface area contributed by atoms with Crippen molar-refractivity contribution >= 4 is 44.9 Å². The van der Waals surface area contributed by atoms with E-state index in [1.54, 1.807) is 12.1 Å². The van der Waals surface area contributed by atoms with Crippen molar-refractivity contribution in [3.8, 4) is 0 Å². The highest BCUT2D eigenvalue weighted by atomic mass is 35.5. The van der Waals surface area contributed by atoms with E-state index in [-0.39, 0.29) is 21.4 Å². The maximum Gasteiger partial charge on any atom is 0.320 e. The molecule has 0 aliphatic carbocycles. The smallest absolute Gasteiger partial charge is 0.320 e.